The van der Waals surface area contributed by atoms with E-state index in [0.717, 1.165) is 12.1 Å². The molecule has 130 valence electrons. The van der Waals surface area contributed by atoms with Crippen LogP contribution in [-0.4, -0.2) is 38.0 Å². The number of ether oxygens (including phenoxy) is 1. The van der Waals surface area contributed by atoms with Crippen LogP contribution in [0.5, 0.6) is 0 Å². The van der Waals surface area contributed by atoms with Crippen LogP contribution in [0.25, 0.3) is 0 Å². The van der Waals surface area contributed by atoms with Crippen molar-refractivity contribution >= 4 is 23.5 Å². The number of anilines is 1. The van der Waals surface area contributed by atoms with Gasteiger partial charge in [-0.25, -0.2) is 0 Å². The van der Waals surface area contributed by atoms with Crippen LogP contribution in [0.3, 0.4) is 0 Å². The molecule has 1 aliphatic heterocycles. The fourth-order valence-electron chi connectivity index (χ4n) is 2.74. The highest BCUT2D eigenvalue weighted by Gasteiger charge is 2.34. The predicted octanol–water partition coefficient (Wildman–Crippen LogP) is 1.67. The number of nitrogens with zero attached hydrogens (tertiary/aromatic N) is 1. The standard InChI is InChI=1S/C18H24N2O4/c1-3-13-6-8-15(9-7-13)20-12-14(11-16(20)21)18(23)19-10-4-5-17(22)24-2/h6-9,14H,3-5,10-12H2,1-2H3,(H,19,23). The van der Waals surface area contributed by atoms with E-state index in [2.05, 4.69) is 17.0 Å². The van der Waals surface area contributed by atoms with Gasteiger partial charge in [0.05, 0.1) is 13.0 Å². The number of methoxy groups -OCH3 is 1. The number of amides is 2. The van der Waals surface area contributed by atoms with Crippen LogP contribution in [-0.2, 0) is 25.5 Å². The Balaban J connectivity index is 1.84. The molecule has 6 heteroatoms. The molecule has 0 aromatic heterocycles. The zero-order valence-corrected chi connectivity index (χ0v) is 14.2. The molecule has 0 bridgehead atoms. The Morgan fingerprint density at radius 1 is 1.29 bits per heavy atom. The third kappa shape index (κ3) is 4.57. The van der Waals surface area contributed by atoms with E-state index < -0.39 is 0 Å². The van der Waals surface area contributed by atoms with Crippen molar-refractivity contribution < 1.29 is 19.1 Å². The van der Waals surface area contributed by atoms with E-state index in [4.69, 9.17) is 0 Å². The van der Waals surface area contributed by atoms with E-state index in [9.17, 15) is 14.4 Å². The predicted molar refractivity (Wildman–Crippen MR) is 90.5 cm³/mol. The molecule has 6 nitrogen and oxygen atoms in total. The van der Waals surface area contributed by atoms with E-state index in [1.165, 1.54) is 12.7 Å². The average molecular weight is 332 g/mol. The first-order valence-corrected chi connectivity index (χ1v) is 8.29. The molecule has 1 saturated heterocycles. The summed E-state index contributed by atoms with van der Waals surface area (Å²) in [4.78, 5) is 37.0. The second-order valence-corrected chi connectivity index (χ2v) is 5.90. The number of nitrogens with one attached hydrogen (secondary N) is 1. The van der Waals surface area contributed by atoms with E-state index in [-0.39, 0.29) is 36.5 Å². The van der Waals surface area contributed by atoms with Crippen LogP contribution in [0.4, 0.5) is 5.69 Å². The quantitative estimate of drug-likeness (QED) is 0.609. The van der Waals surface area contributed by atoms with Gasteiger partial charge in [0, 0.05) is 31.6 Å². The van der Waals surface area contributed by atoms with Crippen molar-refractivity contribution in [1.82, 2.24) is 5.32 Å². The molecule has 0 aliphatic carbocycles. The highest BCUT2D eigenvalue weighted by molar-refractivity contribution is 6.00. The Labute approximate surface area is 142 Å². The zero-order chi connectivity index (χ0) is 17.5. The lowest BCUT2D eigenvalue weighted by Gasteiger charge is -2.17. The van der Waals surface area contributed by atoms with Gasteiger partial charge in [-0.1, -0.05) is 19.1 Å². The summed E-state index contributed by atoms with van der Waals surface area (Å²) in [6, 6.07) is 7.85. The SMILES string of the molecule is CCc1ccc(N2CC(C(=O)NCCCC(=O)OC)CC2=O)cc1. The molecule has 0 radical (unpaired) electrons. The van der Waals surface area contributed by atoms with Crippen molar-refractivity contribution in [3.63, 3.8) is 0 Å². The number of hydrogen-bond acceptors (Lipinski definition) is 4. The Kier molecular flexibility index (Phi) is 6.35. The lowest BCUT2D eigenvalue weighted by molar-refractivity contribution is -0.140. The van der Waals surface area contributed by atoms with Gasteiger partial charge >= 0.3 is 5.97 Å². The highest BCUT2D eigenvalue weighted by atomic mass is 16.5. The Bertz CT molecular complexity index is 598. The van der Waals surface area contributed by atoms with Gasteiger partial charge in [-0.15, -0.1) is 0 Å². The molecule has 1 N–H and O–H groups in total. The largest absolute Gasteiger partial charge is 0.469 e. The molecule has 0 saturated carbocycles. The molecule has 0 spiro atoms. The number of carbonyl (C=O) groups is 3. The summed E-state index contributed by atoms with van der Waals surface area (Å²) in [6.07, 6.45) is 1.97. The molecule has 1 aromatic rings. The average Bonchev–Trinajstić information content (AvgIpc) is 3.00. The lowest BCUT2D eigenvalue weighted by atomic mass is 10.1. The summed E-state index contributed by atoms with van der Waals surface area (Å²) in [5.41, 5.74) is 2.04. The number of esters is 1. The maximum absolute atomic E-state index is 12.2. The third-order valence-corrected chi connectivity index (χ3v) is 4.24. The monoisotopic (exact) mass is 332 g/mol. The minimum atomic E-state index is -0.346. The molecule has 24 heavy (non-hydrogen) atoms. The second-order valence-electron chi connectivity index (χ2n) is 5.90. The Morgan fingerprint density at radius 2 is 2.00 bits per heavy atom. The Morgan fingerprint density at radius 3 is 2.62 bits per heavy atom. The molecule has 1 heterocycles. The van der Waals surface area contributed by atoms with Crippen molar-refractivity contribution in [3.8, 4) is 0 Å². The van der Waals surface area contributed by atoms with Crippen molar-refractivity contribution in [3.05, 3.63) is 29.8 Å². The number of hydrogen-bond donors (Lipinski definition) is 1. The minimum absolute atomic E-state index is 0.0334. The van der Waals surface area contributed by atoms with Gasteiger partial charge < -0.3 is 15.0 Å². The second kappa shape index (κ2) is 8.47. The maximum Gasteiger partial charge on any atom is 0.305 e. The van der Waals surface area contributed by atoms with Gasteiger partial charge in [-0.05, 0) is 30.5 Å². The van der Waals surface area contributed by atoms with Crippen molar-refractivity contribution in [2.45, 2.75) is 32.6 Å². The summed E-state index contributed by atoms with van der Waals surface area (Å²) < 4.78 is 4.55. The summed E-state index contributed by atoms with van der Waals surface area (Å²) in [5.74, 6) is -0.807. The fraction of sp³-hybridized carbons (Fsp3) is 0.500. The van der Waals surface area contributed by atoms with Gasteiger partial charge in [0.1, 0.15) is 0 Å². The molecule has 1 fully saturated rings. The van der Waals surface area contributed by atoms with Crippen LogP contribution in [0, 0.1) is 5.92 Å². The molecule has 1 unspecified atom stereocenters. The van der Waals surface area contributed by atoms with E-state index in [0.29, 0.717) is 19.5 Å². The van der Waals surface area contributed by atoms with Gasteiger partial charge in [0.25, 0.3) is 0 Å². The Hall–Kier alpha value is -2.37. The molecular formula is C18H24N2O4. The summed E-state index contributed by atoms with van der Waals surface area (Å²) in [5, 5.41) is 2.79. The molecule has 1 atom stereocenters. The number of aryl methyl sites for hydroxylation is 1. The molecular weight excluding hydrogens is 308 g/mol. The minimum Gasteiger partial charge on any atom is -0.469 e. The van der Waals surface area contributed by atoms with Gasteiger partial charge in [0.15, 0.2) is 0 Å². The van der Waals surface area contributed by atoms with Crippen molar-refractivity contribution in [2.75, 3.05) is 25.1 Å². The van der Waals surface area contributed by atoms with Gasteiger partial charge in [0.2, 0.25) is 11.8 Å². The van der Waals surface area contributed by atoms with Crippen LogP contribution in [0.1, 0.15) is 31.7 Å². The first-order valence-electron chi connectivity index (χ1n) is 8.29. The number of carbonyl (C=O) groups excluding carboxylic acids is 3. The molecule has 1 aromatic carbocycles. The van der Waals surface area contributed by atoms with Crippen molar-refractivity contribution in [2.24, 2.45) is 5.92 Å². The van der Waals surface area contributed by atoms with Crippen LogP contribution in [0.15, 0.2) is 24.3 Å². The molecule has 2 amide bonds. The lowest BCUT2D eigenvalue weighted by Crippen LogP contribution is -2.33. The highest BCUT2D eigenvalue weighted by Crippen LogP contribution is 2.25. The van der Waals surface area contributed by atoms with Gasteiger partial charge in [-0.3, -0.25) is 14.4 Å². The number of rotatable bonds is 7. The van der Waals surface area contributed by atoms with E-state index in [1.54, 1.807) is 4.90 Å². The zero-order valence-electron chi connectivity index (χ0n) is 14.2. The first-order chi connectivity index (χ1) is 11.5. The van der Waals surface area contributed by atoms with Crippen LogP contribution < -0.4 is 10.2 Å². The molecule has 2 rings (SSSR count). The van der Waals surface area contributed by atoms with Crippen LogP contribution >= 0.6 is 0 Å². The number of benzene rings is 1. The van der Waals surface area contributed by atoms with E-state index >= 15 is 0 Å². The third-order valence-electron chi connectivity index (χ3n) is 4.24. The summed E-state index contributed by atoms with van der Waals surface area (Å²) in [6.45, 7) is 2.88. The van der Waals surface area contributed by atoms with Crippen molar-refractivity contribution in [1.29, 1.82) is 0 Å². The maximum atomic E-state index is 12.2. The van der Waals surface area contributed by atoms with Gasteiger partial charge in [-0.2, -0.15) is 0 Å². The van der Waals surface area contributed by atoms with Crippen LogP contribution in [0.2, 0.25) is 0 Å². The smallest absolute Gasteiger partial charge is 0.305 e. The summed E-state index contributed by atoms with van der Waals surface area (Å²) in [7, 11) is 1.34. The first kappa shape index (κ1) is 18.0. The van der Waals surface area contributed by atoms with E-state index in [1.807, 2.05) is 24.3 Å². The topological polar surface area (TPSA) is 75.7 Å². The summed E-state index contributed by atoms with van der Waals surface area (Å²) >= 11 is 0. The normalized spacial score (nSPS) is 17.0. The fourth-order valence-corrected chi connectivity index (χ4v) is 2.74. The molecule has 1 aliphatic rings.